The zero-order chi connectivity index (χ0) is 72.2. The number of benzene rings is 1. The Morgan fingerprint density at radius 1 is 0.588 bits per heavy atom. The topological polar surface area (TPSA) is 245 Å². The first-order valence-corrected chi connectivity index (χ1v) is 36.7. The predicted octanol–water partition coefficient (Wildman–Crippen LogP) is 15.5. The number of ether oxygens (including phenoxy) is 7. The molecule has 0 aromatic heterocycles. The van der Waals surface area contributed by atoms with E-state index in [0.717, 1.165) is 87.9 Å². The van der Waals surface area contributed by atoms with E-state index < -0.39 is 63.1 Å². The Morgan fingerprint density at radius 2 is 1.10 bits per heavy atom. The second kappa shape index (κ2) is 28.9. The standard InChI is InChI=1S/C20H32O2.C16H26O3.C15H25F3O3.C13H18O5.C13H16O4/c1-5-19(3,4)18(21)22-20(6-2)11-14-10-15(20)17-13-8-7-12(9-13)16(14)17;1-4-14(2,3)13(17)19-16-8-11-5-12(9-16)7-15(18,6-11)10-16;1-5-13(2,3)12(19)21-11-8-6-10(7-9-11)14(4,20)15(16,17)18;1-4-13(2,3)12(15)18-9-7-5-6-8(16-7)10(9)17-11(6)14;1-4-13(2,3)12(16)17-10-7-5-6-9(8-10)11(14)15/h12-17H,5-11H2,1-4H3;11-12,18H,4-10H2,1-3H3;10-11,20H,5-9H2,1-4H3;6-10H,4-5H2,1-3H3;5-8H,4H2,1-3H3,(H,14,15). The highest BCUT2D eigenvalue weighted by Crippen LogP contribution is 2.71. The van der Waals surface area contributed by atoms with Crippen LogP contribution < -0.4 is 4.74 Å². The quantitative estimate of drug-likeness (QED) is 0.0535. The van der Waals surface area contributed by atoms with Crippen molar-refractivity contribution in [1.82, 2.24) is 0 Å². The summed E-state index contributed by atoms with van der Waals surface area (Å²) in [5.41, 5.74) is -6.01. The normalized spacial score (nSPS) is 35.2. The summed E-state index contributed by atoms with van der Waals surface area (Å²) in [5, 5.41) is 29.1. The molecule has 15 unspecified atom stereocenters. The van der Waals surface area contributed by atoms with Gasteiger partial charge in [0.05, 0.1) is 50.3 Å². The fourth-order valence-corrected chi connectivity index (χ4v) is 17.8. The third kappa shape index (κ3) is 16.4. The first kappa shape index (κ1) is 77.9. The van der Waals surface area contributed by atoms with Crippen molar-refractivity contribution < 1.29 is 95.2 Å². The van der Waals surface area contributed by atoms with E-state index in [9.17, 15) is 56.9 Å². The van der Waals surface area contributed by atoms with Crippen LogP contribution in [0.1, 0.15) is 269 Å². The molecule has 9 aliphatic carbocycles. The lowest BCUT2D eigenvalue weighted by atomic mass is 9.52. The maximum absolute atomic E-state index is 12.8. The van der Waals surface area contributed by atoms with Crippen LogP contribution in [0.15, 0.2) is 24.3 Å². The number of alkyl halides is 3. The molecule has 17 nitrogen and oxygen atoms in total. The van der Waals surface area contributed by atoms with Crippen molar-refractivity contribution in [3.63, 3.8) is 0 Å². The van der Waals surface area contributed by atoms with Gasteiger partial charge in [-0.05, 0) is 277 Å². The zero-order valence-corrected chi connectivity index (χ0v) is 61.2. The largest absolute Gasteiger partial charge is 0.478 e. The molecule has 0 amide bonds. The van der Waals surface area contributed by atoms with Gasteiger partial charge in [0.1, 0.15) is 29.2 Å². The van der Waals surface area contributed by atoms with Gasteiger partial charge in [-0.2, -0.15) is 13.2 Å². The van der Waals surface area contributed by atoms with E-state index in [2.05, 4.69) is 13.8 Å². The second-order valence-corrected chi connectivity index (χ2v) is 34.5. The van der Waals surface area contributed by atoms with Gasteiger partial charge >= 0.3 is 48.0 Å². The van der Waals surface area contributed by atoms with Gasteiger partial charge in [-0.25, -0.2) is 4.79 Å². The summed E-state index contributed by atoms with van der Waals surface area (Å²) in [6.45, 7) is 31.7. The minimum Gasteiger partial charge on any atom is -0.478 e. The molecule has 9 saturated carbocycles. The van der Waals surface area contributed by atoms with E-state index in [1.165, 1.54) is 44.2 Å². The number of aliphatic hydroxyl groups is 2. The predicted molar refractivity (Wildman–Crippen MR) is 356 cm³/mol. The summed E-state index contributed by atoms with van der Waals surface area (Å²) >= 11 is 0. The maximum atomic E-state index is 12.8. The molecule has 15 atom stereocenters. The highest BCUT2D eigenvalue weighted by atomic mass is 19.4. The van der Waals surface area contributed by atoms with Gasteiger partial charge in [0.15, 0.2) is 17.8 Å². The summed E-state index contributed by atoms with van der Waals surface area (Å²) in [6.07, 6.45) is 12.8. The lowest BCUT2D eigenvalue weighted by Gasteiger charge is -2.59. The number of halogens is 3. The number of aromatic carboxylic acids is 1. The number of carboxylic acid groups (broad SMARTS) is 1. The number of fused-ring (bicyclic) bond motifs is 10. The van der Waals surface area contributed by atoms with E-state index in [-0.39, 0.29) is 101 Å². The minimum atomic E-state index is -4.63. The van der Waals surface area contributed by atoms with Crippen LogP contribution in [-0.4, -0.2) is 116 Å². The number of carbonyl (C=O) groups excluding carboxylic acids is 6. The summed E-state index contributed by atoms with van der Waals surface area (Å²) in [6, 6.07) is 5.90. The van der Waals surface area contributed by atoms with Crippen molar-refractivity contribution in [2.45, 2.75) is 318 Å². The summed E-state index contributed by atoms with van der Waals surface area (Å²) in [5.74, 6) is 3.55. The first-order chi connectivity index (χ1) is 44.9. The lowest BCUT2D eigenvalue weighted by molar-refractivity contribution is -0.276. The van der Waals surface area contributed by atoms with E-state index in [0.29, 0.717) is 62.7 Å². The molecule has 1 aromatic carbocycles. The molecule has 20 heteroatoms. The molecule has 3 aliphatic heterocycles. The molecule has 97 heavy (non-hydrogen) atoms. The third-order valence-electron chi connectivity index (χ3n) is 25.9. The van der Waals surface area contributed by atoms with Crippen LogP contribution in [0.3, 0.4) is 0 Å². The molecule has 0 radical (unpaired) electrons. The van der Waals surface area contributed by atoms with Crippen molar-refractivity contribution in [3.8, 4) is 5.75 Å². The van der Waals surface area contributed by atoms with Gasteiger partial charge in [-0.1, -0.05) is 47.6 Å². The molecule has 1 aromatic rings. The van der Waals surface area contributed by atoms with Crippen LogP contribution in [0.25, 0.3) is 0 Å². The van der Waals surface area contributed by atoms with Crippen LogP contribution >= 0.6 is 0 Å². The smallest absolute Gasteiger partial charge is 0.417 e. The highest BCUT2D eigenvalue weighted by molar-refractivity contribution is 5.88. The zero-order valence-electron chi connectivity index (χ0n) is 61.2. The fraction of sp³-hybridized carbons (Fsp3) is 0.831. The van der Waals surface area contributed by atoms with E-state index in [1.54, 1.807) is 39.8 Å². The lowest BCUT2D eigenvalue weighted by Crippen LogP contribution is -2.61. The molecule has 0 spiro atoms. The Kier molecular flexibility index (Phi) is 23.2. The molecular weight excluding hydrogens is 1250 g/mol. The summed E-state index contributed by atoms with van der Waals surface area (Å²) in [4.78, 5) is 83.2. The van der Waals surface area contributed by atoms with Gasteiger partial charge in [0.2, 0.25) is 0 Å². The average Bonchev–Trinajstić information content (AvgIpc) is 1.68. The van der Waals surface area contributed by atoms with E-state index >= 15 is 0 Å². The van der Waals surface area contributed by atoms with Crippen LogP contribution in [0.2, 0.25) is 0 Å². The van der Waals surface area contributed by atoms with Crippen molar-refractivity contribution in [1.29, 1.82) is 0 Å². The fourth-order valence-electron chi connectivity index (χ4n) is 17.8. The van der Waals surface area contributed by atoms with Crippen LogP contribution in [0, 0.1) is 86.3 Å². The minimum absolute atomic E-state index is 0.0455. The first-order valence-electron chi connectivity index (χ1n) is 36.7. The van der Waals surface area contributed by atoms with Crippen LogP contribution in [-0.2, 0) is 57.2 Å². The molecule has 3 heterocycles. The van der Waals surface area contributed by atoms with Crippen molar-refractivity contribution in [2.24, 2.45) is 86.3 Å². The van der Waals surface area contributed by atoms with E-state index in [4.69, 9.17) is 38.3 Å². The third-order valence-corrected chi connectivity index (χ3v) is 25.9. The number of rotatable bonds is 18. The van der Waals surface area contributed by atoms with Gasteiger partial charge in [-0.15, -0.1) is 0 Å². The molecule has 10 bridgehead atoms. The Bertz CT molecular complexity index is 3000. The SMILES string of the molecule is CCC(C)(C)C(=O)OC1(CC)CC2CC1C1C3CCC(C3)C21.CCC(C)(C)C(=O)OC12CC3CC(CC(O)(C3)C1)C2.CCC(C)(C)C(=O)OC1C2CC3C(=O)OC1C3O2.CCC(C)(C)C(=O)OC1CCC(C(C)(O)C(F)(F)F)CC1.CCC(C)(C)C(=O)Oc1cccc(C(=O)O)c1. The van der Waals surface area contributed by atoms with Gasteiger partial charge < -0.3 is 48.5 Å². The summed E-state index contributed by atoms with van der Waals surface area (Å²) < 4.78 is 77.7. The Labute approximate surface area is 574 Å². The number of carboxylic acids is 1. The molecule has 13 rings (SSSR count). The van der Waals surface area contributed by atoms with E-state index in [1.807, 2.05) is 69.2 Å². The number of hydrogen-bond acceptors (Lipinski definition) is 16. The monoisotopic (exact) mass is 1370 g/mol. The molecule has 548 valence electrons. The number of carbonyl (C=O) groups is 7. The Morgan fingerprint density at radius 3 is 1.62 bits per heavy atom. The molecular formula is C77H117F3O17. The van der Waals surface area contributed by atoms with Gasteiger partial charge in [0, 0.05) is 12.3 Å². The van der Waals surface area contributed by atoms with Gasteiger partial charge in [-0.3, -0.25) is 28.8 Å². The number of hydrogen-bond donors (Lipinski definition) is 3. The second-order valence-electron chi connectivity index (χ2n) is 34.5. The van der Waals surface area contributed by atoms with Crippen molar-refractivity contribution >= 4 is 41.8 Å². The Hall–Kier alpha value is -4.82. The molecule has 3 saturated heterocycles. The van der Waals surface area contributed by atoms with Crippen LogP contribution in [0.4, 0.5) is 13.2 Å². The molecule has 12 fully saturated rings. The van der Waals surface area contributed by atoms with Crippen LogP contribution in [0.5, 0.6) is 5.75 Å². The highest BCUT2D eigenvalue weighted by Gasteiger charge is 2.69. The van der Waals surface area contributed by atoms with Crippen molar-refractivity contribution in [3.05, 3.63) is 29.8 Å². The summed E-state index contributed by atoms with van der Waals surface area (Å²) in [7, 11) is 0. The van der Waals surface area contributed by atoms with Gasteiger partial charge in [0.25, 0.3) is 0 Å². The average molecular weight is 1370 g/mol. The van der Waals surface area contributed by atoms with Crippen molar-refractivity contribution in [2.75, 3.05) is 0 Å². The Balaban J connectivity index is 0.000000155. The maximum Gasteiger partial charge on any atom is 0.417 e. The number of esters is 6. The molecule has 3 N–H and O–H groups in total. The molecule has 12 aliphatic rings.